The molecule has 0 bridgehead atoms. The molecule has 2 aromatic heterocycles. The molecule has 14 heteroatoms. The lowest BCUT2D eigenvalue weighted by Crippen LogP contribution is -2.76. The van der Waals surface area contributed by atoms with E-state index in [1.807, 2.05) is 92.0 Å². The van der Waals surface area contributed by atoms with Gasteiger partial charge in [-0.05, 0) is 61.1 Å². The molecule has 0 radical (unpaired) electrons. The number of fused-ring (bicyclic) bond motifs is 2. The van der Waals surface area contributed by atoms with Gasteiger partial charge in [-0.3, -0.25) is 19.1 Å². The largest absolute Gasteiger partial charge is 0.508 e. The lowest BCUT2D eigenvalue weighted by molar-refractivity contribution is -0.189. The maximum Gasteiger partial charge on any atom is 0.334 e. The maximum atomic E-state index is 14.7. The first-order valence-corrected chi connectivity index (χ1v) is 20.0. The van der Waals surface area contributed by atoms with Crippen LogP contribution < -0.4 is 5.32 Å². The van der Waals surface area contributed by atoms with Gasteiger partial charge in [0, 0.05) is 71.0 Å². The molecule has 5 aromatic rings. The molecule has 0 saturated carbocycles. The van der Waals surface area contributed by atoms with Gasteiger partial charge in [0.2, 0.25) is 11.8 Å². The molecule has 2 saturated heterocycles. The summed E-state index contributed by atoms with van der Waals surface area (Å²) < 4.78 is 3.82. The maximum absolute atomic E-state index is 14.7. The fraction of sp³-hybridized carbons (Fsp3) is 0.356. The number of hydrazine groups is 1. The van der Waals surface area contributed by atoms with Crippen molar-refractivity contribution in [3.8, 4) is 5.75 Å². The van der Waals surface area contributed by atoms with Gasteiger partial charge in [-0.15, -0.1) is 6.58 Å². The molecule has 14 nitrogen and oxygen atoms in total. The van der Waals surface area contributed by atoms with E-state index in [0.29, 0.717) is 12.1 Å². The van der Waals surface area contributed by atoms with Gasteiger partial charge in [0.15, 0.2) is 0 Å². The molecule has 5 amide bonds. The Labute approximate surface area is 344 Å². The van der Waals surface area contributed by atoms with Gasteiger partial charge in [0.1, 0.15) is 18.0 Å². The van der Waals surface area contributed by atoms with E-state index in [2.05, 4.69) is 23.9 Å². The third-order valence-corrected chi connectivity index (χ3v) is 11.6. The zero-order valence-electron chi connectivity index (χ0n) is 34.5. The van der Waals surface area contributed by atoms with Crippen LogP contribution in [0.1, 0.15) is 50.4 Å². The quantitative estimate of drug-likeness (QED) is 0.165. The number of hydrogen-bond donors (Lipinski definition) is 2. The van der Waals surface area contributed by atoms with E-state index in [1.165, 1.54) is 5.56 Å². The number of amides is 5. The number of benzene rings is 3. The number of carbonyl (C=O) groups is 4. The lowest BCUT2D eigenvalue weighted by Gasteiger charge is -2.55. The molecule has 2 fully saturated rings. The first kappa shape index (κ1) is 40.8. The number of rotatable bonds is 13. The zero-order chi connectivity index (χ0) is 42.0. The molecule has 0 unspecified atom stereocenters. The summed E-state index contributed by atoms with van der Waals surface area (Å²) >= 11 is 0. The molecule has 2 aliphatic heterocycles. The number of para-hydroxylation sites is 1. The molecule has 0 spiro atoms. The second-order valence-electron chi connectivity index (χ2n) is 15.6. The van der Waals surface area contributed by atoms with Gasteiger partial charge in [0.25, 0.3) is 5.91 Å². The van der Waals surface area contributed by atoms with Crippen LogP contribution in [-0.2, 0) is 49.6 Å². The summed E-state index contributed by atoms with van der Waals surface area (Å²) in [5.41, 5.74) is 7.24. The van der Waals surface area contributed by atoms with Crippen molar-refractivity contribution < 1.29 is 24.3 Å². The van der Waals surface area contributed by atoms with Crippen LogP contribution in [0.25, 0.3) is 10.9 Å². The second-order valence-corrected chi connectivity index (χ2v) is 15.6. The van der Waals surface area contributed by atoms with E-state index in [1.54, 1.807) is 55.1 Å². The first-order valence-electron chi connectivity index (χ1n) is 20.0. The standard InChI is InChI=1S/C45H53N9O5/c1-7-22-52-29-41(56)53-39(24-32-18-20-35(55)21-19-32)44(58)51(28-40(53)54(52)45(59)46-25-33-13-9-8-10-14-33)26-34-15-11-16-37-38(27-49(5)42(34)37)43(57)48(4)23-12-17-36-30(2)47-50(6)31(36)3/h7-11,13-16,18-21,27,39-40,55H,1,12,17,22-26,28-29H2,2-6H3,(H,46,59)/t39-,40-/m0/s1. The van der Waals surface area contributed by atoms with Crippen LogP contribution in [0.3, 0.4) is 0 Å². The smallest absolute Gasteiger partial charge is 0.334 e. The van der Waals surface area contributed by atoms with Gasteiger partial charge in [-0.2, -0.15) is 5.10 Å². The van der Waals surface area contributed by atoms with Crippen molar-refractivity contribution >= 4 is 34.7 Å². The van der Waals surface area contributed by atoms with Crippen LogP contribution in [0, 0.1) is 13.8 Å². The van der Waals surface area contributed by atoms with Crippen molar-refractivity contribution in [1.82, 2.24) is 44.4 Å². The fourth-order valence-corrected chi connectivity index (χ4v) is 8.59. The summed E-state index contributed by atoms with van der Waals surface area (Å²) in [6.45, 7) is 9.15. The van der Waals surface area contributed by atoms with Crippen LogP contribution in [0.4, 0.5) is 4.79 Å². The Kier molecular flexibility index (Phi) is 11.9. The Morgan fingerprint density at radius 3 is 2.44 bits per heavy atom. The molecule has 308 valence electrons. The number of phenols is 1. The van der Waals surface area contributed by atoms with E-state index in [-0.39, 0.29) is 62.6 Å². The predicted octanol–water partition coefficient (Wildman–Crippen LogP) is 4.68. The number of carbonyl (C=O) groups excluding carboxylic acids is 4. The molecule has 0 aliphatic carbocycles. The highest BCUT2D eigenvalue weighted by molar-refractivity contribution is 6.07. The van der Waals surface area contributed by atoms with Crippen molar-refractivity contribution in [2.75, 3.05) is 33.2 Å². The average Bonchev–Trinajstić information content (AvgIpc) is 3.69. The number of aromatic hydroxyl groups is 1. The summed E-state index contributed by atoms with van der Waals surface area (Å²) in [5, 5.41) is 21.6. The highest BCUT2D eigenvalue weighted by Crippen LogP contribution is 2.32. The SMILES string of the molecule is C=CCN1CC(=O)N2[C@@H](Cc3ccc(O)cc3)C(=O)N(Cc3cccc4c(C(=O)N(C)CCCc5c(C)nn(C)c5C)cn(C)c34)C[C@@H]2N1C(=O)NCc1ccccc1. The molecule has 7 rings (SSSR count). The summed E-state index contributed by atoms with van der Waals surface area (Å²) in [7, 11) is 5.66. The van der Waals surface area contributed by atoms with Gasteiger partial charge >= 0.3 is 6.03 Å². The van der Waals surface area contributed by atoms with E-state index in [4.69, 9.17) is 0 Å². The third kappa shape index (κ3) is 8.31. The van der Waals surface area contributed by atoms with E-state index in [0.717, 1.165) is 51.8 Å². The minimum atomic E-state index is -0.932. The highest BCUT2D eigenvalue weighted by atomic mass is 16.3. The number of nitrogens with zero attached hydrogens (tertiary/aromatic N) is 8. The van der Waals surface area contributed by atoms with Crippen molar-refractivity contribution in [2.45, 2.75) is 58.4 Å². The van der Waals surface area contributed by atoms with Crippen molar-refractivity contribution in [3.63, 3.8) is 0 Å². The zero-order valence-corrected chi connectivity index (χ0v) is 34.5. The minimum Gasteiger partial charge on any atom is -0.508 e. The number of urea groups is 1. The van der Waals surface area contributed by atoms with E-state index >= 15 is 0 Å². The molecule has 2 N–H and O–H groups in total. The lowest BCUT2D eigenvalue weighted by atomic mass is 9.98. The third-order valence-electron chi connectivity index (χ3n) is 11.6. The summed E-state index contributed by atoms with van der Waals surface area (Å²) in [5.74, 6) is -0.534. The average molecular weight is 800 g/mol. The van der Waals surface area contributed by atoms with Crippen LogP contribution in [0.15, 0.2) is 91.6 Å². The van der Waals surface area contributed by atoms with Gasteiger partial charge in [0.05, 0.1) is 29.9 Å². The van der Waals surface area contributed by atoms with Crippen LogP contribution in [0.2, 0.25) is 0 Å². The number of nitrogens with one attached hydrogen (secondary N) is 1. The normalized spacial score (nSPS) is 17.1. The summed E-state index contributed by atoms with van der Waals surface area (Å²) in [6.07, 6.45) is 4.46. The first-order chi connectivity index (χ1) is 28.4. The Morgan fingerprint density at radius 1 is 1.00 bits per heavy atom. The Hall–Kier alpha value is -6.41. The molecular formula is C45H53N9O5. The molecular weight excluding hydrogens is 747 g/mol. The van der Waals surface area contributed by atoms with Crippen molar-refractivity contribution in [3.05, 3.63) is 131 Å². The second kappa shape index (κ2) is 17.2. The number of hydrogen-bond acceptors (Lipinski definition) is 7. The molecule has 4 heterocycles. The minimum absolute atomic E-state index is 0.0499. The van der Waals surface area contributed by atoms with Crippen LogP contribution in [0.5, 0.6) is 5.75 Å². The van der Waals surface area contributed by atoms with Crippen molar-refractivity contribution in [2.24, 2.45) is 14.1 Å². The topological polar surface area (TPSA) is 139 Å². The Balaban J connectivity index is 1.18. The highest BCUT2D eigenvalue weighted by Gasteiger charge is 2.51. The molecule has 2 atom stereocenters. The fourth-order valence-electron chi connectivity index (χ4n) is 8.59. The van der Waals surface area contributed by atoms with E-state index < -0.39 is 18.2 Å². The number of phenolic OH excluding ortho intramolecular Hbond substituents is 1. The van der Waals surface area contributed by atoms with Gasteiger partial charge in [-0.1, -0.05) is 66.7 Å². The van der Waals surface area contributed by atoms with Gasteiger partial charge in [-0.25, -0.2) is 14.8 Å². The number of aryl methyl sites for hydroxylation is 3. The molecule has 2 aliphatic rings. The molecule has 59 heavy (non-hydrogen) atoms. The number of piperazine rings is 1. The Bertz CT molecular complexity index is 2370. The van der Waals surface area contributed by atoms with Crippen LogP contribution >= 0.6 is 0 Å². The predicted molar refractivity (Wildman–Crippen MR) is 225 cm³/mol. The van der Waals surface area contributed by atoms with Crippen molar-refractivity contribution in [1.29, 1.82) is 0 Å². The molecule has 3 aromatic carbocycles. The van der Waals surface area contributed by atoms with E-state index in [9.17, 15) is 24.3 Å². The Morgan fingerprint density at radius 2 is 1.75 bits per heavy atom. The summed E-state index contributed by atoms with van der Waals surface area (Å²) in [6, 6.07) is 20.6. The monoisotopic (exact) mass is 799 g/mol. The van der Waals surface area contributed by atoms with Gasteiger partial charge < -0.3 is 29.7 Å². The number of aromatic nitrogens is 3. The summed E-state index contributed by atoms with van der Waals surface area (Å²) in [4.78, 5) is 62.0. The van der Waals surface area contributed by atoms with Crippen LogP contribution in [-0.4, -0.2) is 113 Å².